The molecule has 7 nitrogen and oxygen atoms in total. The Kier molecular flexibility index (Phi) is 8.33. The molecule has 188 valence electrons. The zero-order valence-electron chi connectivity index (χ0n) is 20.4. The fourth-order valence-corrected chi connectivity index (χ4v) is 4.12. The summed E-state index contributed by atoms with van der Waals surface area (Å²) in [6.45, 7) is 5.16. The first-order chi connectivity index (χ1) is 17.5. The fraction of sp³-hybridized carbons (Fsp3) is 0.286. The molecule has 0 aliphatic carbocycles. The van der Waals surface area contributed by atoms with Crippen molar-refractivity contribution in [3.63, 3.8) is 0 Å². The first kappa shape index (κ1) is 25.4. The number of carbonyl (C=O) groups is 2. The van der Waals surface area contributed by atoms with Crippen LogP contribution in [0.25, 0.3) is 0 Å². The predicted molar refractivity (Wildman–Crippen MR) is 141 cm³/mol. The molecule has 36 heavy (non-hydrogen) atoms. The van der Waals surface area contributed by atoms with Gasteiger partial charge in [0.25, 0.3) is 0 Å². The number of aryl methyl sites for hydroxylation is 1. The lowest BCUT2D eigenvalue weighted by atomic mass is 10.1. The normalized spacial score (nSPS) is 15.0. The summed E-state index contributed by atoms with van der Waals surface area (Å²) in [6, 6.07) is 20.7. The molecule has 4 rings (SSSR count). The number of halogens is 1. The van der Waals surface area contributed by atoms with Crippen molar-refractivity contribution in [1.82, 2.24) is 5.43 Å². The standard InChI is InChI=1S/C28H30ClN3O4/c1-3-19-7-12-24(13-8-19)32-17-21(15-27(32)33)28(34)31-30-23-11-14-25(26(16-23)35-4-2)36-18-20-5-9-22(29)10-6-20/h5-14,16,21,30H,3-4,15,17-18H2,1-2H3,(H,31,34)/t21-/m0/s1. The molecule has 0 radical (unpaired) electrons. The van der Waals surface area contributed by atoms with E-state index in [4.69, 9.17) is 21.1 Å². The van der Waals surface area contributed by atoms with E-state index in [2.05, 4.69) is 17.8 Å². The van der Waals surface area contributed by atoms with Gasteiger partial charge in [-0.3, -0.25) is 20.4 Å². The summed E-state index contributed by atoms with van der Waals surface area (Å²) in [5, 5.41) is 0.673. The van der Waals surface area contributed by atoms with Crippen molar-refractivity contribution < 1.29 is 19.1 Å². The molecule has 0 bridgehead atoms. The third-order valence-electron chi connectivity index (χ3n) is 6.03. The molecule has 2 amide bonds. The van der Waals surface area contributed by atoms with Gasteiger partial charge in [0.1, 0.15) is 6.61 Å². The van der Waals surface area contributed by atoms with E-state index in [1.54, 1.807) is 23.1 Å². The van der Waals surface area contributed by atoms with Gasteiger partial charge in [0, 0.05) is 29.7 Å². The summed E-state index contributed by atoms with van der Waals surface area (Å²) in [6.07, 6.45) is 1.11. The number of carbonyl (C=O) groups excluding carboxylic acids is 2. The molecule has 1 heterocycles. The SMILES string of the molecule is CCOc1cc(NNC(=O)[C@H]2CC(=O)N(c3ccc(CC)cc3)C2)ccc1OCc1ccc(Cl)cc1. The number of nitrogens with one attached hydrogen (secondary N) is 2. The van der Waals surface area contributed by atoms with Crippen LogP contribution in [0.3, 0.4) is 0 Å². The van der Waals surface area contributed by atoms with E-state index in [1.807, 2.05) is 55.5 Å². The van der Waals surface area contributed by atoms with E-state index in [0.717, 1.165) is 17.7 Å². The van der Waals surface area contributed by atoms with Crippen molar-refractivity contribution in [2.75, 3.05) is 23.5 Å². The number of rotatable bonds is 10. The minimum Gasteiger partial charge on any atom is -0.490 e. The molecule has 1 aliphatic rings. The quantitative estimate of drug-likeness (QED) is 0.360. The second kappa shape index (κ2) is 11.8. The maximum Gasteiger partial charge on any atom is 0.243 e. The molecule has 1 aliphatic heterocycles. The van der Waals surface area contributed by atoms with Gasteiger partial charge in [-0.2, -0.15) is 0 Å². The highest BCUT2D eigenvalue weighted by Crippen LogP contribution is 2.31. The summed E-state index contributed by atoms with van der Waals surface area (Å²) in [7, 11) is 0. The Bertz CT molecular complexity index is 1200. The van der Waals surface area contributed by atoms with Crippen LogP contribution in [-0.4, -0.2) is 25.0 Å². The first-order valence-electron chi connectivity index (χ1n) is 12.1. The van der Waals surface area contributed by atoms with Gasteiger partial charge in [-0.25, -0.2) is 0 Å². The number of anilines is 2. The number of hydrogen-bond acceptors (Lipinski definition) is 5. The van der Waals surface area contributed by atoms with Gasteiger partial charge in [0.2, 0.25) is 11.8 Å². The summed E-state index contributed by atoms with van der Waals surface area (Å²) in [4.78, 5) is 27.0. The van der Waals surface area contributed by atoms with Crippen LogP contribution in [-0.2, 0) is 22.6 Å². The highest BCUT2D eigenvalue weighted by atomic mass is 35.5. The van der Waals surface area contributed by atoms with Gasteiger partial charge in [-0.05, 0) is 60.9 Å². The lowest BCUT2D eigenvalue weighted by Gasteiger charge is -2.18. The Hall–Kier alpha value is -3.71. The largest absolute Gasteiger partial charge is 0.490 e. The van der Waals surface area contributed by atoms with Crippen molar-refractivity contribution in [3.8, 4) is 11.5 Å². The molecule has 0 unspecified atom stereocenters. The van der Waals surface area contributed by atoms with Crippen LogP contribution in [0.2, 0.25) is 5.02 Å². The van der Waals surface area contributed by atoms with Crippen LogP contribution in [0.1, 0.15) is 31.4 Å². The summed E-state index contributed by atoms with van der Waals surface area (Å²) in [5.41, 5.74) is 9.31. The number of hydrogen-bond donors (Lipinski definition) is 2. The molecule has 1 fully saturated rings. The molecule has 1 saturated heterocycles. The lowest BCUT2D eigenvalue weighted by Crippen LogP contribution is -2.36. The molecule has 3 aromatic carbocycles. The zero-order chi connectivity index (χ0) is 25.5. The van der Waals surface area contributed by atoms with Crippen molar-refractivity contribution in [3.05, 3.63) is 82.9 Å². The van der Waals surface area contributed by atoms with Crippen molar-refractivity contribution >= 4 is 34.8 Å². The minimum atomic E-state index is -0.441. The smallest absolute Gasteiger partial charge is 0.243 e. The van der Waals surface area contributed by atoms with Crippen LogP contribution in [0, 0.1) is 5.92 Å². The first-order valence-corrected chi connectivity index (χ1v) is 12.4. The molecule has 8 heteroatoms. The van der Waals surface area contributed by atoms with E-state index in [-0.39, 0.29) is 18.2 Å². The summed E-state index contributed by atoms with van der Waals surface area (Å²) in [5.74, 6) is 0.416. The predicted octanol–water partition coefficient (Wildman–Crippen LogP) is 5.38. The maximum absolute atomic E-state index is 12.8. The van der Waals surface area contributed by atoms with E-state index in [9.17, 15) is 9.59 Å². The number of hydrazine groups is 1. The van der Waals surface area contributed by atoms with E-state index < -0.39 is 5.92 Å². The monoisotopic (exact) mass is 507 g/mol. The number of amides is 2. The maximum atomic E-state index is 12.8. The second-order valence-corrected chi connectivity index (χ2v) is 8.99. The van der Waals surface area contributed by atoms with Crippen LogP contribution >= 0.6 is 11.6 Å². The second-order valence-electron chi connectivity index (χ2n) is 8.55. The van der Waals surface area contributed by atoms with E-state index in [0.29, 0.717) is 42.0 Å². The average molecular weight is 508 g/mol. The molecular formula is C28H30ClN3O4. The molecule has 0 aromatic heterocycles. The van der Waals surface area contributed by atoms with Crippen LogP contribution in [0.15, 0.2) is 66.7 Å². The molecule has 3 aromatic rings. The van der Waals surface area contributed by atoms with Crippen molar-refractivity contribution in [2.24, 2.45) is 5.92 Å². The third kappa shape index (κ3) is 6.29. The van der Waals surface area contributed by atoms with Gasteiger partial charge >= 0.3 is 0 Å². The minimum absolute atomic E-state index is 0.0554. The van der Waals surface area contributed by atoms with Gasteiger partial charge < -0.3 is 14.4 Å². The number of nitrogens with zero attached hydrogens (tertiary/aromatic N) is 1. The number of ether oxygens (including phenoxy) is 2. The average Bonchev–Trinajstić information content (AvgIpc) is 3.29. The topological polar surface area (TPSA) is 79.9 Å². The highest BCUT2D eigenvalue weighted by Gasteiger charge is 2.35. The molecule has 1 atom stereocenters. The third-order valence-corrected chi connectivity index (χ3v) is 6.29. The Morgan fingerprint density at radius 1 is 0.972 bits per heavy atom. The molecule has 2 N–H and O–H groups in total. The highest BCUT2D eigenvalue weighted by molar-refractivity contribution is 6.30. The van der Waals surface area contributed by atoms with Crippen LogP contribution < -0.4 is 25.2 Å². The lowest BCUT2D eigenvalue weighted by molar-refractivity contribution is -0.125. The fourth-order valence-electron chi connectivity index (χ4n) is 4.00. The van der Waals surface area contributed by atoms with Gasteiger partial charge in [0.15, 0.2) is 11.5 Å². The Morgan fingerprint density at radius 2 is 1.69 bits per heavy atom. The summed E-state index contributed by atoms with van der Waals surface area (Å²) < 4.78 is 11.7. The Labute approximate surface area is 216 Å². The summed E-state index contributed by atoms with van der Waals surface area (Å²) >= 11 is 5.94. The van der Waals surface area contributed by atoms with E-state index >= 15 is 0 Å². The molecule has 0 spiro atoms. The Balaban J connectivity index is 1.34. The van der Waals surface area contributed by atoms with Crippen molar-refractivity contribution in [1.29, 1.82) is 0 Å². The molecule has 0 saturated carbocycles. The van der Waals surface area contributed by atoms with Crippen molar-refractivity contribution in [2.45, 2.75) is 33.3 Å². The van der Waals surface area contributed by atoms with Crippen LogP contribution in [0.5, 0.6) is 11.5 Å². The van der Waals surface area contributed by atoms with E-state index in [1.165, 1.54) is 5.56 Å². The van der Waals surface area contributed by atoms with Crippen LogP contribution in [0.4, 0.5) is 11.4 Å². The Morgan fingerprint density at radius 3 is 2.39 bits per heavy atom. The van der Waals surface area contributed by atoms with Gasteiger partial charge in [-0.1, -0.05) is 42.8 Å². The zero-order valence-corrected chi connectivity index (χ0v) is 21.2. The number of benzene rings is 3. The molecular weight excluding hydrogens is 478 g/mol. The van der Waals surface area contributed by atoms with Gasteiger partial charge in [-0.15, -0.1) is 0 Å². The van der Waals surface area contributed by atoms with Gasteiger partial charge in [0.05, 0.1) is 18.2 Å².